The van der Waals surface area contributed by atoms with E-state index < -0.39 is 0 Å². The van der Waals surface area contributed by atoms with Gasteiger partial charge >= 0.3 is 0 Å². The van der Waals surface area contributed by atoms with Crippen molar-refractivity contribution in [1.82, 2.24) is 15.5 Å². The maximum absolute atomic E-state index is 11.8. The van der Waals surface area contributed by atoms with Gasteiger partial charge in [-0.3, -0.25) is 4.79 Å². The molecule has 0 aromatic rings. The number of aliphatic imine (C=N–C) groups is 1. The van der Waals surface area contributed by atoms with E-state index in [-0.39, 0.29) is 17.9 Å². The Morgan fingerprint density at radius 1 is 1.21 bits per heavy atom. The van der Waals surface area contributed by atoms with Crippen molar-refractivity contribution in [2.24, 2.45) is 16.3 Å². The van der Waals surface area contributed by atoms with Crippen molar-refractivity contribution in [3.05, 3.63) is 0 Å². The monoisotopic (exact) mass is 340 g/mol. The summed E-state index contributed by atoms with van der Waals surface area (Å²) in [5, 5.41) is 6.66. The van der Waals surface area contributed by atoms with Crippen molar-refractivity contribution in [1.29, 1.82) is 0 Å². The Kier molecular flexibility index (Phi) is 9.11. The summed E-state index contributed by atoms with van der Waals surface area (Å²) < 4.78 is 5.08. The molecule has 1 fully saturated rings. The van der Waals surface area contributed by atoms with Crippen LogP contribution in [0.25, 0.3) is 0 Å². The van der Waals surface area contributed by atoms with Gasteiger partial charge in [-0.2, -0.15) is 0 Å². The summed E-state index contributed by atoms with van der Waals surface area (Å²) in [6.07, 6.45) is 6.70. The standard InChI is InChI=1S/C18H36N4O2/c1-18(2,15-9-7-6-8-10-15)14-21-17(19-11-12-24-5)20-13-16(23)22(3)4/h15H,6-14H2,1-5H3,(H2,19,20,21). The Bertz CT molecular complexity index is 402. The Morgan fingerprint density at radius 3 is 2.46 bits per heavy atom. The minimum atomic E-state index is -0.00520. The first-order valence-electron chi connectivity index (χ1n) is 9.08. The fourth-order valence-corrected chi connectivity index (χ4v) is 3.07. The summed E-state index contributed by atoms with van der Waals surface area (Å²) >= 11 is 0. The van der Waals surface area contributed by atoms with E-state index >= 15 is 0 Å². The van der Waals surface area contributed by atoms with Crippen LogP contribution in [-0.2, 0) is 9.53 Å². The molecule has 0 aromatic heterocycles. The lowest BCUT2D eigenvalue weighted by molar-refractivity contribution is -0.127. The first-order chi connectivity index (χ1) is 11.4. The second kappa shape index (κ2) is 10.5. The number of carbonyl (C=O) groups excluding carboxylic acids is 1. The molecule has 0 atom stereocenters. The van der Waals surface area contributed by atoms with Crippen molar-refractivity contribution in [2.75, 3.05) is 47.4 Å². The van der Waals surface area contributed by atoms with Crippen LogP contribution in [0, 0.1) is 11.3 Å². The zero-order valence-electron chi connectivity index (χ0n) is 16.2. The summed E-state index contributed by atoms with van der Waals surface area (Å²) in [6, 6.07) is 0. The molecule has 1 amide bonds. The molecule has 1 rings (SSSR count). The number of rotatable bonds is 8. The fourth-order valence-electron chi connectivity index (χ4n) is 3.07. The van der Waals surface area contributed by atoms with E-state index in [0.717, 1.165) is 12.5 Å². The van der Waals surface area contributed by atoms with Gasteiger partial charge in [-0.25, -0.2) is 4.99 Å². The van der Waals surface area contributed by atoms with Crippen molar-refractivity contribution in [2.45, 2.75) is 46.0 Å². The van der Waals surface area contributed by atoms with Gasteiger partial charge in [-0.05, 0) is 24.2 Å². The lowest BCUT2D eigenvalue weighted by Gasteiger charge is -2.37. The number of guanidine groups is 1. The summed E-state index contributed by atoms with van der Waals surface area (Å²) in [5.41, 5.74) is 0.218. The quantitative estimate of drug-likeness (QED) is 0.402. The van der Waals surface area contributed by atoms with Crippen LogP contribution in [0.15, 0.2) is 4.99 Å². The largest absolute Gasteiger partial charge is 0.383 e. The molecule has 0 radical (unpaired) electrons. The minimum Gasteiger partial charge on any atom is -0.383 e. The summed E-state index contributed by atoms with van der Waals surface area (Å²) in [7, 11) is 5.17. The maximum atomic E-state index is 11.8. The lowest BCUT2D eigenvalue weighted by Crippen LogP contribution is -2.45. The van der Waals surface area contributed by atoms with Crippen LogP contribution in [0.1, 0.15) is 46.0 Å². The highest BCUT2D eigenvalue weighted by Gasteiger charge is 2.30. The highest BCUT2D eigenvalue weighted by Crippen LogP contribution is 2.37. The second-order valence-corrected chi connectivity index (χ2v) is 7.55. The Labute approximate surface area is 147 Å². The number of amides is 1. The van der Waals surface area contributed by atoms with Gasteiger partial charge in [0.05, 0.1) is 6.61 Å². The van der Waals surface area contributed by atoms with Gasteiger partial charge in [0.15, 0.2) is 5.96 Å². The SMILES string of the molecule is COCCNC(=NCC(=O)N(C)C)NCC(C)(C)C1CCCCC1. The molecule has 140 valence electrons. The molecule has 1 aliphatic carbocycles. The van der Waals surface area contributed by atoms with Gasteiger partial charge < -0.3 is 20.3 Å². The predicted molar refractivity (Wildman–Crippen MR) is 99.2 cm³/mol. The molecule has 0 bridgehead atoms. The van der Waals surface area contributed by atoms with Crippen LogP contribution < -0.4 is 10.6 Å². The number of hydrogen-bond acceptors (Lipinski definition) is 3. The molecule has 6 nitrogen and oxygen atoms in total. The lowest BCUT2D eigenvalue weighted by atomic mass is 9.71. The van der Waals surface area contributed by atoms with E-state index in [1.807, 2.05) is 0 Å². The Morgan fingerprint density at radius 2 is 1.88 bits per heavy atom. The molecule has 0 saturated heterocycles. The molecule has 1 saturated carbocycles. The highest BCUT2D eigenvalue weighted by atomic mass is 16.5. The van der Waals surface area contributed by atoms with Crippen molar-refractivity contribution in [3.63, 3.8) is 0 Å². The zero-order valence-corrected chi connectivity index (χ0v) is 16.2. The van der Waals surface area contributed by atoms with E-state index in [9.17, 15) is 4.79 Å². The number of ether oxygens (including phenoxy) is 1. The molecule has 0 spiro atoms. The average Bonchev–Trinajstić information content (AvgIpc) is 2.57. The summed E-state index contributed by atoms with van der Waals surface area (Å²) in [4.78, 5) is 17.7. The number of carbonyl (C=O) groups is 1. The van der Waals surface area contributed by atoms with Crippen LogP contribution in [0.3, 0.4) is 0 Å². The number of methoxy groups -OCH3 is 1. The number of nitrogens with zero attached hydrogens (tertiary/aromatic N) is 2. The maximum Gasteiger partial charge on any atom is 0.243 e. The van der Waals surface area contributed by atoms with E-state index in [1.54, 1.807) is 26.1 Å². The topological polar surface area (TPSA) is 66.0 Å². The van der Waals surface area contributed by atoms with Gasteiger partial charge in [0.25, 0.3) is 0 Å². The van der Waals surface area contributed by atoms with E-state index in [0.29, 0.717) is 19.1 Å². The molecular formula is C18H36N4O2. The average molecular weight is 341 g/mol. The highest BCUT2D eigenvalue weighted by molar-refractivity contribution is 5.84. The van der Waals surface area contributed by atoms with Crippen molar-refractivity contribution >= 4 is 11.9 Å². The van der Waals surface area contributed by atoms with Gasteiger partial charge in [0.1, 0.15) is 6.54 Å². The van der Waals surface area contributed by atoms with Crippen LogP contribution in [-0.4, -0.2) is 64.2 Å². The van der Waals surface area contributed by atoms with E-state index in [2.05, 4.69) is 29.5 Å². The summed E-state index contributed by atoms with van der Waals surface area (Å²) in [6.45, 7) is 6.93. The van der Waals surface area contributed by atoms with Gasteiger partial charge in [0, 0.05) is 34.3 Å². The van der Waals surface area contributed by atoms with Gasteiger partial charge in [-0.1, -0.05) is 33.1 Å². The second-order valence-electron chi connectivity index (χ2n) is 7.55. The summed E-state index contributed by atoms with van der Waals surface area (Å²) in [5.74, 6) is 1.43. The predicted octanol–water partition coefficient (Wildman–Crippen LogP) is 1.86. The number of likely N-dealkylation sites (N-methyl/N-ethyl adjacent to an activating group) is 1. The van der Waals surface area contributed by atoms with Gasteiger partial charge in [-0.15, -0.1) is 0 Å². The third kappa shape index (κ3) is 7.51. The minimum absolute atomic E-state index is 0.00520. The van der Waals surface area contributed by atoms with Gasteiger partial charge in [0.2, 0.25) is 5.91 Å². The van der Waals surface area contributed by atoms with Crippen LogP contribution in [0.5, 0.6) is 0 Å². The first kappa shape index (κ1) is 20.7. The Balaban J connectivity index is 2.58. The molecule has 6 heteroatoms. The molecule has 0 unspecified atom stereocenters. The van der Waals surface area contributed by atoms with Crippen molar-refractivity contribution in [3.8, 4) is 0 Å². The van der Waals surface area contributed by atoms with Crippen LogP contribution in [0.2, 0.25) is 0 Å². The molecule has 24 heavy (non-hydrogen) atoms. The van der Waals surface area contributed by atoms with E-state index in [1.165, 1.54) is 32.1 Å². The van der Waals surface area contributed by atoms with Crippen molar-refractivity contribution < 1.29 is 9.53 Å². The molecule has 0 aromatic carbocycles. The third-order valence-corrected chi connectivity index (χ3v) is 4.89. The third-order valence-electron chi connectivity index (χ3n) is 4.89. The number of hydrogen-bond donors (Lipinski definition) is 2. The van der Waals surface area contributed by atoms with Crippen LogP contribution >= 0.6 is 0 Å². The molecule has 0 heterocycles. The number of nitrogens with one attached hydrogen (secondary N) is 2. The molecule has 2 N–H and O–H groups in total. The molecule has 1 aliphatic rings. The molecule has 0 aliphatic heterocycles. The Hall–Kier alpha value is -1.30. The first-order valence-corrected chi connectivity index (χ1v) is 9.08. The smallest absolute Gasteiger partial charge is 0.243 e. The fraction of sp³-hybridized carbons (Fsp3) is 0.889. The molecular weight excluding hydrogens is 304 g/mol. The van der Waals surface area contributed by atoms with Crippen LogP contribution in [0.4, 0.5) is 0 Å². The zero-order chi connectivity index (χ0) is 18.0. The normalized spacial score (nSPS) is 16.8. The van der Waals surface area contributed by atoms with E-state index in [4.69, 9.17) is 4.74 Å².